The minimum absolute atomic E-state index is 0.0462. The fourth-order valence-electron chi connectivity index (χ4n) is 1.09. The molecule has 0 heterocycles. The first-order valence-electron chi connectivity index (χ1n) is 4.14. The van der Waals surface area contributed by atoms with Gasteiger partial charge in [-0.3, -0.25) is 0 Å². The van der Waals surface area contributed by atoms with E-state index in [9.17, 15) is 34.8 Å². The Bertz CT molecular complexity index is 528. The molecule has 0 unspecified atom stereocenters. The Hall–Kier alpha value is -1.29. The van der Waals surface area contributed by atoms with Crippen molar-refractivity contribution in [1.82, 2.24) is 0 Å². The number of hydrogen-bond acceptors (Lipinski definition) is 2. The van der Waals surface area contributed by atoms with E-state index in [4.69, 9.17) is 0 Å². The van der Waals surface area contributed by atoms with Gasteiger partial charge >= 0.3 is 12.4 Å². The van der Waals surface area contributed by atoms with Crippen LogP contribution in [0.4, 0.5) is 26.3 Å². The summed E-state index contributed by atoms with van der Waals surface area (Å²) < 4.78 is 95.6. The van der Waals surface area contributed by atoms with E-state index in [2.05, 4.69) is 5.14 Å². The molecule has 3 nitrogen and oxygen atoms in total. The fourth-order valence-corrected chi connectivity index (χ4v) is 1.67. The normalized spacial score (nSPS) is 13.7. The molecule has 0 amide bonds. The number of benzene rings is 1. The van der Waals surface area contributed by atoms with Gasteiger partial charge in [-0.2, -0.15) is 26.3 Å². The summed E-state index contributed by atoms with van der Waals surface area (Å²) in [6, 6.07) is -0.0934. The Labute approximate surface area is 97.3 Å². The number of nitrogens with two attached hydrogens (primary N) is 1. The summed E-state index contributed by atoms with van der Waals surface area (Å²) in [6.45, 7) is 0. The third kappa shape index (κ3) is 3.35. The van der Waals surface area contributed by atoms with Crippen LogP contribution in [-0.4, -0.2) is 8.42 Å². The average molecular weight is 293 g/mol. The number of primary sulfonamides is 1. The maximum atomic E-state index is 12.3. The van der Waals surface area contributed by atoms with E-state index in [0.717, 1.165) is 0 Å². The largest absolute Gasteiger partial charge is 0.416 e. The summed E-state index contributed by atoms with van der Waals surface area (Å²) in [5.74, 6) is 0. The minimum atomic E-state index is -5.11. The number of hydrogen-bond donors (Lipinski definition) is 1. The highest BCUT2D eigenvalue weighted by atomic mass is 32.2. The third-order valence-corrected chi connectivity index (χ3v) is 2.78. The number of rotatable bonds is 1. The van der Waals surface area contributed by atoms with Gasteiger partial charge in [-0.1, -0.05) is 0 Å². The lowest BCUT2D eigenvalue weighted by Gasteiger charge is -2.13. The molecule has 0 aromatic heterocycles. The summed E-state index contributed by atoms with van der Waals surface area (Å²) >= 11 is 0. The minimum Gasteiger partial charge on any atom is -0.225 e. The van der Waals surface area contributed by atoms with Crippen molar-refractivity contribution in [2.45, 2.75) is 17.2 Å². The molecule has 0 aliphatic carbocycles. The first-order chi connectivity index (χ1) is 7.82. The molecule has 2 N–H and O–H groups in total. The molecule has 0 radical (unpaired) electrons. The molecule has 0 spiro atoms. The van der Waals surface area contributed by atoms with Crippen LogP contribution >= 0.6 is 0 Å². The molecule has 10 heteroatoms. The lowest BCUT2D eigenvalue weighted by atomic mass is 10.1. The van der Waals surface area contributed by atoms with Crippen LogP contribution in [0.5, 0.6) is 0 Å². The highest BCUT2D eigenvalue weighted by Crippen LogP contribution is 2.36. The zero-order valence-electron chi connectivity index (χ0n) is 8.30. The van der Waals surface area contributed by atoms with Crippen molar-refractivity contribution in [3.05, 3.63) is 29.3 Å². The van der Waals surface area contributed by atoms with Crippen LogP contribution in [0, 0.1) is 0 Å². The summed E-state index contributed by atoms with van der Waals surface area (Å²) in [6.07, 6.45) is -10.2. The van der Waals surface area contributed by atoms with Crippen molar-refractivity contribution in [3.8, 4) is 0 Å². The van der Waals surface area contributed by atoms with E-state index < -0.39 is 38.4 Å². The van der Waals surface area contributed by atoms with Gasteiger partial charge in [0.2, 0.25) is 10.0 Å². The topological polar surface area (TPSA) is 60.2 Å². The van der Waals surface area contributed by atoms with E-state index >= 15 is 0 Å². The Kier molecular flexibility index (Phi) is 3.38. The zero-order chi connectivity index (χ0) is 14.4. The van der Waals surface area contributed by atoms with Crippen molar-refractivity contribution in [2.24, 2.45) is 5.14 Å². The second-order valence-electron chi connectivity index (χ2n) is 3.29. The molecular formula is C8H5F6NO2S. The zero-order valence-corrected chi connectivity index (χ0v) is 9.12. The second kappa shape index (κ2) is 4.12. The lowest BCUT2D eigenvalue weighted by Crippen LogP contribution is -2.17. The van der Waals surface area contributed by atoms with E-state index in [1.807, 2.05) is 0 Å². The fraction of sp³-hybridized carbons (Fsp3) is 0.250. The van der Waals surface area contributed by atoms with Gasteiger partial charge in [-0.05, 0) is 18.2 Å². The molecule has 102 valence electrons. The molecule has 0 aliphatic heterocycles. The van der Waals surface area contributed by atoms with Gasteiger partial charge in [-0.25, -0.2) is 13.6 Å². The Morgan fingerprint density at radius 1 is 0.833 bits per heavy atom. The molecule has 0 aliphatic rings. The molecule has 0 saturated carbocycles. The van der Waals surface area contributed by atoms with Gasteiger partial charge in [0.05, 0.1) is 16.0 Å². The summed E-state index contributed by atoms with van der Waals surface area (Å²) in [7, 11) is -4.67. The average Bonchev–Trinajstić information content (AvgIpc) is 2.13. The molecule has 1 rings (SSSR count). The first-order valence-corrected chi connectivity index (χ1v) is 5.69. The van der Waals surface area contributed by atoms with Gasteiger partial charge in [0.25, 0.3) is 0 Å². The van der Waals surface area contributed by atoms with Gasteiger partial charge in [0.1, 0.15) is 0 Å². The van der Waals surface area contributed by atoms with Crippen LogP contribution in [0.3, 0.4) is 0 Å². The van der Waals surface area contributed by atoms with Crippen molar-refractivity contribution in [2.75, 3.05) is 0 Å². The molecule has 0 atom stereocenters. The molecule has 0 fully saturated rings. The Morgan fingerprint density at radius 3 is 1.39 bits per heavy atom. The predicted molar refractivity (Wildman–Crippen MR) is 47.8 cm³/mol. The first kappa shape index (κ1) is 14.8. The SMILES string of the molecule is NS(=O)(=O)c1cc(C(F)(F)F)cc(C(F)(F)F)c1. The van der Waals surface area contributed by atoms with Crippen LogP contribution in [-0.2, 0) is 22.4 Å². The van der Waals surface area contributed by atoms with Gasteiger partial charge in [0, 0.05) is 0 Å². The maximum Gasteiger partial charge on any atom is 0.416 e. The Morgan fingerprint density at radius 2 is 1.17 bits per heavy atom. The van der Waals surface area contributed by atoms with E-state index in [1.165, 1.54) is 0 Å². The maximum absolute atomic E-state index is 12.3. The second-order valence-corrected chi connectivity index (χ2v) is 4.85. The highest BCUT2D eigenvalue weighted by Gasteiger charge is 2.37. The smallest absolute Gasteiger partial charge is 0.225 e. The Balaban J connectivity index is 3.60. The number of halogens is 6. The highest BCUT2D eigenvalue weighted by molar-refractivity contribution is 7.89. The van der Waals surface area contributed by atoms with Crippen molar-refractivity contribution >= 4 is 10.0 Å². The third-order valence-electron chi connectivity index (χ3n) is 1.89. The van der Waals surface area contributed by atoms with Crippen molar-refractivity contribution in [3.63, 3.8) is 0 Å². The lowest BCUT2D eigenvalue weighted by molar-refractivity contribution is -0.143. The van der Waals surface area contributed by atoms with Crippen LogP contribution in [0.15, 0.2) is 23.1 Å². The number of sulfonamides is 1. The van der Waals surface area contributed by atoms with Crippen molar-refractivity contribution in [1.29, 1.82) is 0 Å². The molecule has 18 heavy (non-hydrogen) atoms. The summed E-state index contributed by atoms with van der Waals surface area (Å²) in [5, 5.41) is 4.52. The van der Waals surface area contributed by atoms with Gasteiger partial charge in [-0.15, -0.1) is 0 Å². The molecule has 1 aromatic rings. The predicted octanol–water partition coefficient (Wildman–Crippen LogP) is 2.37. The van der Waals surface area contributed by atoms with Gasteiger partial charge in [0.15, 0.2) is 0 Å². The van der Waals surface area contributed by atoms with E-state index in [0.29, 0.717) is 0 Å². The molecule has 1 aromatic carbocycles. The standard InChI is InChI=1S/C8H5F6NO2S/c9-7(10,11)4-1-5(8(12,13)14)3-6(2-4)18(15,16)17/h1-3H,(H2,15,16,17). The molecular weight excluding hydrogens is 288 g/mol. The van der Waals surface area contributed by atoms with Gasteiger partial charge < -0.3 is 0 Å². The monoisotopic (exact) mass is 293 g/mol. The van der Waals surface area contributed by atoms with Crippen LogP contribution in [0.1, 0.15) is 11.1 Å². The quantitative estimate of drug-likeness (QED) is 0.808. The van der Waals surface area contributed by atoms with Crippen LogP contribution in [0.2, 0.25) is 0 Å². The summed E-state index contributed by atoms with van der Waals surface area (Å²) in [5.41, 5.74) is -3.47. The van der Waals surface area contributed by atoms with Crippen LogP contribution < -0.4 is 5.14 Å². The van der Waals surface area contributed by atoms with Crippen molar-refractivity contribution < 1.29 is 34.8 Å². The number of alkyl halides is 6. The van der Waals surface area contributed by atoms with E-state index in [1.54, 1.807) is 0 Å². The summed E-state index contributed by atoms with van der Waals surface area (Å²) in [4.78, 5) is -1.25. The van der Waals surface area contributed by atoms with Crippen LogP contribution in [0.25, 0.3) is 0 Å². The molecule has 0 saturated heterocycles. The molecule has 0 bridgehead atoms. The van der Waals surface area contributed by atoms with E-state index in [-0.39, 0.29) is 18.2 Å².